The van der Waals surface area contributed by atoms with Gasteiger partial charge in [0.25, 0.3) is 0 Å². The highest BCUT2D eigenvalue weighted by Gasteiger charge is 2.35. The van der Waals surface area contributed by atoms with Gasteiger partial charge in [0, 0.05) is 30.3 Å². The summed E-state index contributed by atoms with van der Waals surface area (Å²) in [5.74, 6) is 2.32. The van der Waals surface area contributed by atoms with Gasteiger partial charge in [-0.2, -0.15) is 10.1 Å². The van der Waals surface area contributed by atoms with Gasteiger partial charge in [0.2, 0.25) is 5.95 Å². The number of anilines is 3. The first kappa shape index (κ1) is 16.1. The van der Waals surface area contributed by atoms with Gasteiger partial charge < -0.3 is 15.4 Å². The molecule has 1 atom stereocenters. The van der Waals surface area contributed by atoms with Crippen LogP contribution in [0.25, 0.3) is 5.52 Å². The Kier molecular flexibility index (Phi) is 3.56. The van der Waals surface area contributed by atoms with Crippen LogP contribution < -0.4 is 10.6 Å². The van der Waals surface area contributed by atoms with Gasteiger partial charge in [0.15, 0.2) is 11.6 Å². The van der Waals surface area contributed by atoms with E-state index in [0.717, 1.165) is 17.0 Å². The smallest absolute Gasteiger partial charge is 0.306 e. The molecule has 0 radical (unpaired) electrons. The van der Waals surface area contributed by atoms with Crippen molar-refractivity contribution in [3.8, 4) is 0 Å². The number of ether oxygens (including phenoxy) is 1. The Bertz CT molecular complexity index is 1010. The van der Waals surface area contributed by atoms with E-state index < -0.39 is 5.60 Å². The molecule has 0 spiro atoms. The molecule has 3 aromatic heterocycles. The van der Waals surface area contributed by atoms with Crippen LogP contribution >= 0.6 is 0 Å². The SMILES string of the molecule is C[C@@]1(CNc2nc(Nc3cc(C4CC4)[nH]n3)c3cccn3n2)CCC(=O)O1. The third-order valence-corrected chi connectivity index (χ3v) is 5.09. The molecule has 1 aliphatic carbocycles. The third-order valence-electron chi connectivity index (χ3n) is 5.09. The van der Waals surface area contributed by atoms with E-state index in [2.05, 4.69) is 30.9 Å². The number of hydrogen-bond acceptors (Lipinski definition) is 7. The van der Waals surface area contributed by atoms with Crippen LogP contribution in [-0.4, -0.2) is 42.9 Å². The molecule has 0 bridgehead atoms. The molecule has 9 nitrogen and oxygen atoms in total. The highest BCUT2D eigenvalue weighted by Crippen LogP contribution is 2.39. The molecule has 3 N–H and O–H groups in total. The van der Waals surface area contributed by atoms with Crippen LogP contribution in [0, 0.1) is 0 Å². The van der Waals surface area contributed by atoms with Crippen LogP contribution in [0.3, 0.4) is 0 Å². The van der Waals surface area contributed by atoms with Crippen molar-refractivity contribution in [3.63, 3.8) is 0 Å². The number of H-pyrrole nitrogens is 1. The van der Waals surface area contributed by atoms with E-state index >= 15 is 0 Å². The minimum atomic E-state index is -0.527. The second-order valence-corrected chi connectivity index (χ2v) is 7.51. The molecule has 3 aromatic rings. The maximum absolute atomic E-state index is 11.4. The molecule has 0 amide bonds. The predicted octanol–water partition coefficient (Wildman–Crippen LogP) is 2.58. The predicted molar refractivity (Wildman–Crippen MR) is 99.1 cm³/mol. The van der Waals surface area contributed by atoms with Gasteiger partial charge in [-0.3, -0.25) is 9.89 Å². The fraction of sp³-hybridized carbons (Fsp3) is 0.444. The van der Waals surface area contributed by atoms with E-state index in [1.807, 2.05) is 31.3 Å². The number of fused-ring (bicyclic) bond motifs is 1. The minimum absolute atomic E-state index is 0.159. The second kappa shape index (κ2) is 5.97. The van der Waals surface area contributed by atoms with Gasteiger partial charge in [0.1, 0.15) is 11.1 Å². The Morgan fingerprint density at radius 2 is 2.33 bits per heavy atom. The van der Waals surface area contributed by atoms with Crippen molar-refractivity contribution in [1.29, 1.82) is 0 Å². The van der Waals surface area contributed by atoms with E-state index in [4.69, 9.17) is 4.74 Å². The number of esters is 1. The van der Waals surface area contributed by atoms with E-state index in [9.17, 15) is 4.79 Å². The van der Waals surface area contributed by atoms with Crippen LogP contribution in [-0.2, 0) is 9.53 Å². The Morgan fingerprint density at radius 1 is 1.44 bits per heavy atom. The van der Waals surface area contributed by atoms with Crippen molar-refractivity contribution in [1.82, 2.24) is 24.8 Å². The fourth-order valence-electron chi connectivity index (χ4n) is 3.36. The molecule has 9 heteroatoms. The van der Waals surface area contributed by atoms with Crippen molar-refractivity contribution in [2.24, 2.45) is 0 Å². The topological polar surface area (TPSA) is 109 Å². The molecule has 27 heavy (non-hydrogen) atoms. The highest BCUT2D eigenvalue weighted by molar-refractivity contribution is 5.73. The summed E-state index contributed by atoms with van der Waals surface area (Å²) in [6.07, 6.45) is 5.44. The standard InChI is InChI=1S/C18H21N7O2/c1-18(7-6-15(26)27-18)10-19-17-21-16(13-3-2-8-25(13)24-17)20-14-9-12(22-23-14)11-4-5-11/h2-3,8-9,11H,4-7,10H2,1H3,(H3,19,20,21,22,23,24)/t18-/m0/s1. The summed E-state index contributed by atoms with van der Waals surface area (Å²) in [5.41, 5.74) is 1.49. The van der Waals surface area contributed by atoms with E-state index in [0.29, 0.717) is 37.1 Å². The van der Waals surface area contributed by atoms with Gasteiger partial charge in [-0.15, -0.1) is 5.10 Å². The van der Waals surface area contributed by atoms with Crippen molar-refractivity contribution in [3.05, 3.63) is 30.1 Å². The van der Waals surface area contributed by atoms with E-state index in [1.54, 1.807) is 4.52 Å². The zero-order valence-electron chi connectivity index (χ0n) is 15.0. The summed E-state index contributed by atoms with van der Waals surface area (Å²) < 4.78 is 7.17. The van der Waals surface area contributed by atoms with Crippen molar-refractivity contribution < 1.29 is 9.53 Å². The average Bonchev–Trinajstić information content (AvgIpc) is 3.04. The first-order valence-corrected chi connectivity index (χ1v) is 9.21. The number of aromatic amines is 1. The summed E-state index contributed by atoms with van der Waals surface area (Å²) in [4.78, 5) is 16.0. The lowest BCUT2D eigenvalue weighted by atomic mass is 10.0. The largest absolute Gasteiger partial charge is 0.457 e. The lowest BCUT2D eigenvalue weighted by Crippen LogP contribution is -2.33. The molecular formula is C18H21N7O2. The fourth-order valence-corrected chi connectivity index (χ4v) is 3.36. The average molecular weight is 367 g/mol. The molecule has 140 valence electrons. The van der Waals surface area contributed by atoms with Gasteiger partial charge >= 0.3 is 5.97 Å². The molecule has 1 saturated heterocycles. The maximum Gasteiger partial charge on any atom is 0.306 e. The Labute approximate surface area is 155 Å². The van der Waals surface area contributed by atoms with Crippen LogP contribution in [0.4, 0.5) is 17.6 Å². The molecule has 0 unspecified atom stereocenters. The number of nitrogens with one attached hydrogen (secondary N) is 3. The monoisotopic (exact) mass is 367 g/mol. The highest BCUT2D eigenvalue weighted by atomic mass is 16.6. The Balaban J connectivity index is 1.38. The zero-order chi connectivity index (χ0) is 18.4. The van der Waals surface area contributed by atoms with Crippen LogP contribution in [0.15, 0.2) is 24.4 Å². The van der Waals surface area contributed by atoms with Gasteiger partial charge in [-0.1, -0.05) is 0 Å². The second-order valence-electron chi connectivity index (χ2n) is 7.51. The van der Waals surface area contributed by atoms with Crippen molar-refractivity contribution in [2.75, 3.05) is 17.2 Å². The summed E-state index contributed by atoms with van der Waals surface area (Å²) >= 11 is 0. The maximum atomic E-state index is 11.4. The molecule has 2 aliphatic rings. The van der Waals surface area contributed by atoms with Crippen LogP contribution in [0.5, 0.6) is 0 Å². The third kappa shape index (κ3) is 3.20. The molecule has 0 aromatic carbocycles. The number of cyclic esters (lactones) is 1. The van der Waals surface area contributed by atoms with E-state index in [1.165, 1.54) is 12.8 Å². The zero-order valence-corrected chi connectivity index (χ0v) is 15.0. The number of carbonyl (C=O) groups is 1. The lowest BCUT2D eigenvalue weighted by Gasteiger charge is -2.22. The summed E-state index contributed by atoms with van der Waals surface area (Å²) in [6, 6.07) is 5.89. The van der Waals surface area contributed by atoms with Gasteiger partial charge in [-0.05, 0) is 38.3 Å². The molecule has 5 rings (SSSR count). The Hall–Kier alpha value is -3.10. The quantitative estimate of drug-likeness (QED) is 0.575. The number of carbonyl (C=O) groups excluding carboxylic acids is 1. The number of hydrogen-bond donors (Lipinski definition) is 3. The number of nitrogens with zero attached hydrogens (tertiary/aromatic N) is 4. The molecule has 1 aliphatic heterocycles. The molecule has 2 fully saturated rings. The molecule has 4 heterocycles. The van der Waals surface area contributed by atoms with Gasteiger partial charge in [-0.25, -0.2) is 4.52 Å². The molecule has 1 saturated carbocycles. The van der Waals surface area contributed by atoms with Crippen LogP contribution in [0.2, 0.25) is 0 Å². The number of rotatable bonds is 6. The van der Waals surface area contributed by atoms with E-state index in [-0.39, 0.29) is 5.97 Å². The first-order chi connectivity index (χ1) is 13.1. The number of aromatic nitrogens is 5. The summed E-state index contributed by atoms with van der Waals surface area (Å²) in [6.45, 7) is 2.38. The first-order valence-electron chi connectivity index (χ1n) is 9.21. The summed E-state index contributed by atoms with van der Waals surface area (Å²) in [7, 11) is 0. The van der Waals surface area contributed by atoms with Crippen LogP contribution in [0.1, 0.15) is 44.2 Å². The van der Waals surface area contributed by atoms with Crippen molar-refractivity contribution in [2.45, 2.75) is 44.1 Å². The Morgan fingerprint density at radius 3 is 3.11 bits per heavy atom. The molecular weight excluding hydrogens is 346 g/mol. The normalized spacial score (nSPS) is 22.2. The lowest BCUT2D eigenvalue weighted by molar-refractivity contribution is -0.146. The minimum Gasteiger partial charge on any atom is -0.457 e. The van der Waals surface area contributed by atoms with Crippen molar-refractivity contribution >= 4 is 29.1 Å². The summed E-state index contributed by atoms with van der Waals surface area (Å²) in [5, 5.41) is 18.4. The van der Waals surface area contributed by atoms with Gasteiger partial charge in [0.05, 0.1) is 6.54 Å².